The molecule has 1 N–H and O–H groups in total. The quantitative estimate of drug-likeness (QED) is 0.865. The van der Waals surface area contributed by atoms with Crippen LogP contribution in [-0.4, -0.2) is 45.1 Å². The lowest BCUT2D eigenvalue weighted by molar-refractivity contribution is 0.0434. The monoisotopic (exact) mass is 294 g/mol. The van der Waals surface area contributed by atoms with Crippen molar-refractivity contribution in [1.29, 1.82) is 0 Å². The largest absolute Gasteiger partial charge is 0.381 e. The number of hydrogen-bond donors (Lipinski definition) is 1. The van der Waals surface area contributed by atoms with Crippen molar-refractivity contribution in [2.45, 2.75) is 18.4 Å². The number of hydrogen-bond acceptors (Lipinski definition) is 4. The Morgan fingerprint density at radius 2 is 2.25 bits per heavy atom. The standard InChI is InChI=1S/C13H15ClN4O2/c14-9-13(1-5-20-6-2-13)17-12(19)10-7-16-18-4-3-15-8-11(10)18/h3-4,7-8H,1-2,5-6,9H2,(H,17,19). The summed E-state index contributed by atoms with van der Waals surface area (Å²) in [5, 5.41) is 7.18. The number of ether oxygens (including phenoxy) is 1. The number of carbonyl (C=O) groups is 1. The smallest absolute Gasteiger partial charge is 0.255 e. The van der Waals surface area contributed by atoms with E-state index >= 15 is 0 Å². The van der Waals surface area contributed by atoms with Crippen molar-refractivity contribution in [3.8, 4) is 0 Å². The maximum atomic E-state index is 12.5. The van der Waals surface area contributed by atoms with Crippen LogP contribution in [-0.2, 0) is 4.74 Å². The second-order valence-corrected chi connectivity index (χ2v) is 5.21. The summed E-state index contributed by atoms with van der Waals surface area (Å²) in [6, 6.07) is 0. The van der Waals surface area contributed by atoms with Crippen molar-refractivity contribution >= 4 is 23.0 Å². The molecule has 1 amide bonds. The summed E-state index contributed by atoms with van der Waals surface area (Å²) in [5.74, 6) is 0.204. The zero-order valence-electron chi connectivity index (χ0n) is 10.9. The molecule has 1 aliphatic heterocycles. The van der Waals surface area contributed by atoms with E-state index in [1.165, 1.54) is 0 Å². The van der Waals surface area contributed by atoms with Crippen LogP contribution in [0.3, 0.4) is 0 Å². The fraction of sp³-hybridized carbons (Fsp3) is 0.462. The molecule has 2 aromatic heterocycles. The number of rotatable bonds is 3. The molecule has 0 bridgehead atoms. The van der Waals surface area contributed by atoms with E-state index < -0.39 is 5.54 Å². The Balaban J connectivity index is 1.85. The number of carbonyl (C=O) groups excluding carboxylic acids is 1. The molecule has 1 aliphatic rings. The summed E-state index contributed by atoms with van der Waals surface area (Å²) < 4.78 is 6.96. The highest BCUT2D eigenvalue weighted by Gasteiger charge is 2.34. The summed E-state index contributed by atoms with van der Waals surface area (Å²) in [5.41, 5.74) is 0.795. The lowest BCUT2D eigenvalue weighted by atomic mass is 9.92. The second-order valence-electron chi connectivity index (χ2n) is 4.94. The Hall–Kier alpha value is -1.66. The predicted molar refractivity (Wildman–Crippen MR) is 74.0 cm³/mol. The molecule has 1 fully saturated rings. The topological polar surface area (TPSA) is 68.5 Å². The van der Waals surface area contributed by atoms with E-state index in [4.69, 9.17) is 16.3 Å². The molecular weight excluding hydrogens is 280 g/mol. The highest BCUT2D eigenvalue weighted by atomic mass is 35.5. The molecule has 20 heavy (non-hydrogen) atoms. The van der Waals surface area contributed by atoms with Gasteiger partial charge in [0.2, 0.25) is 0 Å². The van der Waals surface area contributed by atoms with Gasteiger partial charge in [0.25, 0.3) is 5.91 Å². The maximum Gasteiger partial charge on any atom is 0.255 e. The van der Waals surface area contributed by atoms with Crippen LogP contribution in [0, 0.1) is 0 Å². The minimum atomic E-state index is -0.395. The van der Waals surface area contributed by atoms with Crippen molar-refractivity contribution in [3.63, 3.8) is 0 Å². The van der Waals surface area contributed by atoms with E-state index in [-0.39, 0.29) is 5.91 Å². The zero-order chi connectivity index (χ0) is 14.0. The van der Waals surface area contributed by atoms with Crippen molar-refractivity contribution < 1.29 is 9.53 Å². The first-order valence-electron chi connectivity index (χ1n) is 6.48. The summed E-state index contributed by atoms with van der Waals surface area (Å²) in [6.45, 7) is 1.23. The summed E-state index contributed by atoms with van der Waals surface area (Å²) >= 11 is 6.06. The highest BCUT2D eigenvalue weighted by molar-refractivity contribution is 6.19. The number of amides is 1. The molecule has 0 saturated carbocycles. The van der Waals surface area contributed by atoms with Gasteiger partial charge in [-0.1, -0.05) is 0 Å². The Bertz CT molecular complexity index is 622. The molecule has 0 atom stereocenters. The van der Waals surface area contributed by atoms with Gasteiger partial charge in [-0.15, -0.1) is 11.6 Å². The summed E-state index contributed by atoms with van der Waals surface area (Å²) in [4.78, 5) is 16.5. The van der Waals surface area contributed by atoms with Gasteiger partial charge in [0.05, 0.1) is 29.0 Å². The Morgan fingerprint density at radius 1 is 1.45 bits per heavy atom. The Kier molecular flexibility index (Phi) is 3.58. The number of alkyl halides is 1. The first-order valence-corrected chi connectivity index (χ1v) is 7.01. The molecule has 7 heteroatoms. The first-order chi connectivity index (χ1) is 9.74. The third-order valence-electron chi connectivity index (χ3n) is 3.65. The molecule has 3 rings (SSSR count). The molecule has 0 radical (unpaired) electrons. The van der Waals surface area contributed by atoms with E-state index in [0.29, 0.717) is 30.2 Å². The van der Waals surface area contributed by atoms with Crippen LogP contribution < -0.4 is 5.32 Å². The highest BCUT2D eigenvalue weighted by Crippen LogP contribution is 2.23. The van der Waals surface area contributed by atoms with E-state index in [0.717, 1.165) is 12.8 Å². The van der Waals surface area contributed by atoms with Gasteiger partial charge in [-0.2, -0.15) is 5.10 Å². The normalized spacial score (nSPS) is 18.1. The van der Waals surface area contributed by atoms with Gasteiger partial charge in [-0.25, -0.2) is 4.52 Å². The number of nitrogens with one attached hydrogen (secondary N) is 1. The van der Waals surface area contributed by atoms with Crippen molar-refractivity contribution in [2.24, 2.45) is 0 Å². The molecule has 0 unspecified atom stereocenters. The molecule has 0 aromatic carbocycles. The van der Waals surface area contributed by atoms with Gasteiger partial charge in [0.1, 0.15) is 0 Å². The molecule has 0 spiro atoms. The molecule has 1 saturated heterocycles. The van der Waals surface area contributed by atoms with E-state index in [1.54, 1.807) is 29.3 Å². The maximum absolute atomic E-state index is 12.5. The van der Waals surface area contributed by atoms with Crippen LogP contribution in [0.2, 0.25) is 0 Å². The van der Waals surface area contributed by atoms with Crippen LogP contribution >= 0.6 is 11.6 Å². The molecule has 106 valence electrons. The molecule has 6 nitrogen and oxygen atoms in total. The lowest BCUT2D eigenvalue weighted by Crippen LogP contribution is -2.53. The van der Waals surface area contributed by atoms with Crippen LogP contribution in [0.15, 0.2) is 24.8 Å². The SMILES string of the molecule is O=C(NC1(CCl)CCOCC1)c1cnn2ccncc12. The van der Waals surface area contributed by atoms with E-state index in [9.17, 15) is 4.79 Å². The van der Waals surface area contributed by atoms with Crippen molar-refractivity contribution in [1.82, 2.24) is 19.9 Å². The average Bonchev–Trinajstić information content (AvgIpc) is 2.92. The van der Waals surface area contributed by atoms with Gasteiger partial charge < -0.3 is 10.1 Å². The lowest BCUT2D eigenvalue weighted by Gasteiger charge is -2.36. The number of nitrogens with zero attached hydrogens (tertiary/aromatic N) is 3. The summed E-state index contributed by atoms with van der Waals surface area (Å²) in [7, 11) is 0. The average molecular weight is 295 g/mol. The first kappa shape index (κ1) is 13.3. The number of halogens is 1. The third kappa shape index (κ3) is 2.36. The van der Waals surface area contributed by atoms with Gasteiger partial charge in [0, 0.05) is 31.5 Å². The van der Waals surface area contributed by atoms with Crippen LogP contribution in [0.5, 0.6) is 0 Å². The van der Waals surface area contributed by atoms with E-state index in [2.05, 4.69) is 15.4 Å². The minimum Gasteiger partial charge on any atom is -0.381 e. The fourth-order valence-corrected chi connectivity index (χ4v) is 2.71. The number of aromatic nitrogens is 3. The van der Waals surface area contributed by atoms with Gasteiger partial charge in [0.15, 0.2) is 0 Å². The summed E-state index contributed by atoms with van der Waals surface area (Å²) in [6.07, 6.45) is 7.95. The van der Waals surface area contributed by atoms with E-state index in [1.807, 2.05) is 0 Å². The molecule has 3 heterocycles. The second kappa shape index (κ2) is 5.38. The third-order valence-corrected chi connectivity index (χ3v) is 4.17. The van der Waals surface area contributed by atoms with Gasteiger partial charge in [-0.3, -0.25) is 9.78 Å². The molecular formula is C13H15ClN4O2. The fourth-order valence-electron chi connectivity index (χ4n) is 2.37. The van der Waals surface area contributed by atoms with Crippen molar-refractivity contribution in [2.75, 3.05) is 19.1 Å². The Morgan fingerprint density at radius 3 is 3.00 bits per heavy atom. The minimum absolute atomic E-state index is 0.171. The van der Waals surface area contributed by atoms with Crippen LogP contribution in [0.4, 0.5) is 0 Å². The van der Waals surface area contributed by atoms with Crippen LogP contribution in [0.25, 0.3) is 5.52 Å². The molecule has 0 aliphatic carbocycles. The predicted octanol–water partition coefficient (Wildman–Crippen LogP) is 1.25. The Labute approximate surface area is 121 Å². The van der Waals surface area contributed by atoms with Gasteiger partial charge >= 0.3 is 0 Å². The van der Waals surface area contributed by atoms with Crippen LogP contribution in [0.1, 0.15) is 23.2 Å². The van der Waals surface area contributed by atoms with Crippen molar-refractivity contribution in [3.05, 3.63) is 30.4 Å². The number of fused-ring (bicyclic) bond motifs is 1. The molecule has 2 aromatic rings. The van der Waals surface area contributed by atoms with Gasteiger partial charge in [-0.05, 0) is 12.8 Å². The zero-order valence-corrected chi connectivity index (χ0v) is 11.6.